The molecule has 3 aromatic heterocycles. The first-order chi connectivity index (χ1) is 15.6. The molecule has 164 valence electrons. The van der Waals surface area contributed by atoms with E-state index in [9.17, 15) is 0 Å². The number of piperidine rings is 1. The molecule has 0 radical (unpaired) electrons. The van der Waals surface area contributed by atoms with Crippen LogP contribution in [0, 0.1) is 6.92 Å². The highest BCUT2D eigenvalue weighted by Crippen LogP contribution is 2.30. The quantitative estimate of drug-likeness (QED) is 0.441. The minimum atomic E-state index is 0.382. The van der Waals surface area contributed by atoms with Crippen molar-refractivity contribution < 1.29 is 0 Å². The molecular formula is C26H30N6. The van der Waals surface area contributed by atoms with E-state index < -0.39 is 0 Å². The lowest BCUT2D eigenvalue weighted by Gasteiger charge is -2.32. The Bertz CT molecular complexity index is 1210. The predicted octanol–water partition coefficient (Wildman–Crippen LogP) is 5.16. The minimum Gasteiger partial charge on any atom is -0.324 e. The second-order valence-corrected chi connectivity index (χ2v) is 9.10. The summed E-state index contributed by atoms with van der Waals surface area (Å²) in [6.45, 7) is 9.52. The second kappa shape index (κ2) is 8.79. The summed E-state index contributed by atoms with van der Waals surface area (Å²) in [5, 5.41) is 0. The largest absolute Gasteiger partial charge is 0.324 e. The fourth-order valence-electron chi connectivity index (χ4n) is 4.94. The van der Waals surface area contributed by atoms with E-state index in [1.165, 1.54) is 17.6 Å². The van der Waals surface area contributed by atoms with Gasteiger partial charge in [-0.15, -0.1) is 0 Å². The molecule has 1 aliphatic rings. The Balaban J connectivity index is 1.40. The van der Waals surface area contributed by atoms with Gasteiger partial charge < -0.3 is 4.57 Å². The van der Waals surface area contributed by atoms with Gasteiger partial charge in [0.05, 0.1) is 17.6 Å². The Kier molecular flexibility index (Phi) is 5.70. The first-order valence-electron chi connectivity index (χ1n) is 11.5. The van der Waals surface area contributed by atoms with Crippen molar-refractivity contribution in [3.63, 3.8) is 0 Å². The van der Waals surface area contributed by atoms with Crippen LogP contribution in [0.15, 0.2) is 55.1 Å². The van der Waals surface area contributed by atoms with Gasteiger partial charge in [-0.2, -0.15) is 0 Å². The topological polar surface area (TPSA) is 59.7 Å². The van der Waals surface area contributed by atoms with Crippen molar-refractivity contribution in [3.05, 3.63) is 72.3 Å². The van der Waals surface area contributed by atoms with Crippen LogP contribution in [0.3, 0.4) is 0 Å². The van der Waals surface area contributed by atoms with Gasteiger partial charge >= 0.3 is 0 Å². The van der Waals surface area contributed by atoms with Crippen LogP contribution in [0.25, 0.3) is 22.2 Å². The van der Waals surface area contributed by atoms with Gasteiger partial charge in [-0.3, -0.25) is 9.88 Å². The number of benzene rings is 1. The molecule has 0 saturated carbocycles. The van der Waals surface area contributed by atoms with Crippen LogP contribution in [0.4, 0.5) is 0 Å². The summed E-state index contributed by atoms with van der Waals surface area (Å²) in [6.07, 6.45) is 7.65. The molecular weight excluding hydrogens is 396 g/mol. The zero-order chi connectivity index (χ0) is 22.1. The average molecular weight is 427 g/mol. The van der Waals surface area contributed by atoms with E-state index in [4.69, 9.17) is 9.97 Å². The van der Waals surface area contributed by atoms with E-state index in [1.807, 2.05) is 12.4 Å². The monoisotopic (exact) mass is 426 g/mol. The molecule has 4 heterocycles. The summed E-state index contributed by atoms with van der Waals surface area (Å²) in [5.41, 5.74) is 6.70. The molecule has 0 amide bonds. The molecule has 1 fully saturated rings. The summed E-state index contributed by atoms with van der Waals surface area (Å²) < 4.78 is 2.39. The lowest BCUT2D eigenvalue weighted by atomic mass is 9.92. The average Bonchev–Trinajstić information content (AvgIpc) is 3.17. The number of likely N-dealkylation sites (tertiary alicyclic amines) is 1. The van der Waals surface area contributed by atoms with Gasteiger partial charge in [-0.25, -0.2) is 15.0 Å². The van der Waals surface area contributed by atoms with Crippen molar-refractivity contribution in [1.82, 2.24) is 29.4 Å². The minimum absolute atomic E-state index is 0.382. The van der Waals surface area contributed by atoms with Crippen molar-refractivity contribution in [2.45, 2.75) is 52.1 Å². The Morgan fingerprint density at radius 2 is 1.84 bits per heavy atom. The zero-order valence-corrected chi connectivity index (χ0v) is 19.1. The fourth-order valence-corrected chi connectivity index (χ4v) is 4.94. The molecule has 1 aromatic carbocycles. The van der Waals surface area contributed by atoms with E-state index in [0.717, 1.165) is 54.2 Å². The summed E-state index contributed by atoms with van der Waals surface area (Å²) in [6, 6.07) is 13.2. The fraction of sp³-hybridized carbons (Fsp3) is 0.385. The van der Waals surface area contributed by atoms with Crippen molar-refractivity contribution in [2.24, 2.45) is 0 Å². The predicted molar refractivity (Wildman–Crippen MR) is 127 cm³/mol. The highest BCUT2D eigenvalue weighted by Gasteiger charge is 2.25. The molecule has 0 unspecified atom stereocenters. The third-order valence-corrected chi connectivity index (χ3v) is 6.34. The van der Waals surface area contributed by atoms with E-state index in [1.54, 1.807) is 6.33 Å². The van der Waals surface area contributed by atoms with Crippen LogP contribution in [0.2, 0.25) is 0 Å². The Hall–Kier alpha value is -3.12. The molecule has 0 bridgehead atoms. The van der Waals surface area contributed by atoms with Crippen molar-refractivity contribution >= 4 is 11.0 Å². The number of fused-ring (bicyclic) bond motifs is 1. The van der Waals surface area contributed by atoms with Crippen molar-refractivity contribution in [1.29, 1.82) is 0 Å². The van der Waals surface area contributed by atoms with Gasteiger partial charge in [-0.1, -0.05) is 12.1 Å². The number of hydrogen-bond acceptors (Lipinski definition) is 5. The van der Waals surface area contributed by atoms with Crippen LogP contribution < -0.4 is 0 Å². The summed E-state index contributed by atoms with van der Waals surface area (Å²) in [4.78, 5) is 20.8. The first-order valence-corrected chi connectivity index (χ1v) is 11.5. The lowest BCUT2D eigenvalue weighted by molar-refractivity contribution is 0.191. The van der Waals surface area contributed by atoms with Gasteiger partial charge in [0.2, 0.25) is 0 Å². The smallest absolute Gasteiger partial charge is 0.124 e. The Labute approximate surface area is 189 Å². The maximum Gasteiger partial charge on any atom is 0.124 e. The van der Waals surface area contributed by atoms with E-state index in [-0.39, 0.29) is 0 Å². The maximum absolute atomic E-state index is 4.99. The molecule has 1 atom stereocenters. The standard InChI is InChI=1S/C26H30N6/c1-18(2)32-25-9-5-4-8-23(25)30-26(32)16-31-10-6-7-20(15-31)24-12-21(11-19(3)29-24)22-13-27-17-28-14-22/h4-5,8-9,11-14,17-18,20H,6-7,10,15-16H2,1-3H3/t20-/m0/s1. The molecule has 1 aliphatic heterocycles. The number of pyridine rings is 1. The SMILES string of the molecule is Cc1cc(-c2cncnc2)cc([C@H]2CCCN(Cc3nc4ccccc4n3C(C)C)C2)n1. The third-order valence-electron chi connectivity index (χ3n) is 6.34. The zero-order valence-electron chi connectivity index (χ0n) is 19.1. The number of nitrogens with zero attached hydrogens (tertiary/aromatic N) is 6. The van der Waals surface area contributed by atoms with Crippen LogP contribution in [0.5, 0.6) is 0 Å². The molecule has 0 spiro atoms. The van der Waals surface area contributed by atoms with Gasteiger partial charge in [0.1, 0.15) is 12.2 Å². The van der Waals surface area contributed by atoms with Gasteiger partial charge in [0, 0.05) is 47.8 Å². The molecule has 5 rings (SSSR count). The highest BCUT2D eigenvalue weighted by atomic mass is 15.2. The Morgan fingerprint density at radius 1 is 1.03 bits per heavy atom. The molecule has 32 heavy (non-hydrogen) atoms. The van der Waals surface area contributed by atoms with E-state index >= 15 is 0 Å². The second-order valence-electron chi connectivity index (χ2n) is 9.10. The van der Waals surface area contributed by atoms with Gasteiger partial charge in [0.25, 0.3) is 0 Å². The summed E-state index contributed by atoms with van der Waals surface area (Å²) in [5.74, 6) is 1.57. The number of para-hydroxylation sites is 2. The molecule has 0 aliphatic carbocycles. The Morgan fingerprint density at radius 3 is 2.66 bits per heavy atom. The van der Waals surface area contributed by atoms with Crippen molar-refractivity contribution in [3.8, 4) is 11.1 Å². The van der Waals surface area contributed by atoms with Crippen LogP contribution in [-0.2, 0) is 6.54 Å². The van der Waals surface area contributed by atoms with Gasteiger partial charge in [-0.05, 0) is 70.0 Å². The molecule has 1 saturated heterocycles. The summed E-state index contributed by atoms with van der Waals surface area (Å²) in [7, 11) is 0. The molecule has 6 heteroatoms. The molecule has 4 aromatic rings. The maximum atomic E-state index is 4.99. The summed E-state index contributed by atoms with van der Waals surface area (Å²) >= 11 is 0. The number of hydrogen-bond donors (Lipinski definition) is 0. The number of imidazole rings is 1. The van der Waals surface area contributed by atoms with Crippen molar-refractivity contribution in [2.75, 3.05) is 13.1 Å². The van der Waals surface area contributed by atoms with Crippen LogP contribution in [0.1, 0.15) is 55.9 Å². The highest BCUT2D eigenvalue weighted by molar-refractivity contribution is 5.76. The first kappa shape index (κ1) is 20.8. The number of aromatic nitrogens is 5. The normalized spacial score (nSPS) is 17.3. The third kappa shape index (κ3) is 4.15. The van der Waals surface area contributed by atoms with Crippen LogP contribution in [-0.4, -0.2) is 42.5 Å². The lowest BCUT2D eigenvalue weighted by Crippen LogP contribution is -2.35. The van der Waals surface area contributed by atoms with Gasteiger partial charge in [0.15, 0.2) is 0 Å². The van der Waals surface area contributed by atoms with E-state index in [2.05, 4.69) is 76.6 Å². The number of rotatable bonds is 5. The molecule has 6 nitrogen and oxygen atoms in total. The molecule has 0 N–H and O–H groups in total. The van der Waals surface area contributed by atoms with Crippen LogP contribution >= 0.6 is 0 Å². The number of aryl methyl sites for hydroxylation is 1. The van der Waals surface area contributed by atoms with E-state index in [0.29, 0.717) is 12.0 Å².